The first-order chi connectivity index (χ1) is 13.3. The molecule has 0 saturated carbocycles. The Morgan fingerprint density at radius 1 is 1.36 bits per heavy atom. The predicted octanol–water partition coefficient (Wildman–Crippen LogP) is 1.18. The van der Waals surface area contributed by atoms with Gasteiger partial charge in [-0.05, 0) is 32.3 Å². The van der Waals surface area contributed by atoms with Crippen LogP contribution in [0.3, 0.4) is 0 Å². The molecule has 9 nitrogen and oxygen atoms in total. The van der Waals surface area contributed by atoms with Gasteiger partial charge in [-0.15, -0.1) is 0 Å². The lowest BCUT2D eigenvalue weighted by atomic mass is 9.94. The number of nitrogens with one attached hydrogen (secondary N) is 1. The van der Waals surface area contributed by atoms with Gasteiger partial charge in [-0.1, -0.05) is 11.6 Å². The lowest BCUT2D eigenvalue weighted by molar-refractivity contribution is -0.137. The Hall–Kier alpha value is -3.07. The second-order valence-corrected chi connectivity index (χ2v) is 6.45. The zero-order chi connectivity index (χ0) is 20.8. The van der Waals surface area contributed by atoms with E-state index in [1.807, 2.05) is 19.9 Å². The van der Waals surface area contributed by atoms with Crippen molar-refractivity contribution in [3.63, 3.8) is 0 Å². The van der Waals surface area contributed by atoms with E-state index < -0.39 is 11.9 Å². The number of hydroxylamine groups is 1. The second-order valence-electron chi connectivity index (χ2n) is 6.45. The summed E-state index contributed by atoms with van der Waals surface area (Å²) >= 11 is 0. The molecule has 1 aliphatic heterocycles. The van der Waals surface area contributed by atoms with Gasteiger partial charge in [-0.2, -0.15) is 0 Å². The fraction of sp³-hybridized carbons (Fsp3) is 0.421. The minimum absolute atomic E-state index is 0.117. The van der Waals surface area contributed by atoms with E-state index in [4.69, 9.17) is 15.2 Å². The number of ether oxygens (including phenoxy) is 2. The maximum Gasteiger partial charge on any atom is 0.342 e. The Morgan fingerprint density at radius 2 is 2.07 bits per heavy atom. The first-order valence-corrected chi connectivity index (χ1v) is 8.69. The zero-order valence-electron chi connectivity index (χ0n) is 16.1. The van der Waals surface area contributed by atoms with Crippen molar-refractivity contribution in [2.24, 2.45) is 5.73 Å². The highest BCUT2D eigenvalue weighted by atomic mass is 16.7. The molecule has 28 heavy (non-hydrogen) atoms. The van der Waals surface area contributed by atoms with E-state index >= 15 is 0 Å². The number of cyclic esters (lactones) is 1. The van der Waals surface area contributed by atoms with Gasteiger partial charge in [-0.25, -0.2) is 10.3 Å². The number of methoxy groups -OCH3 is 1. The quantitative estimate of drug-likeness (QED) is 0.326. The van der Waals surface area contributed by atoms with Crippen molar-refractivity contribution in [1.29, 1.82) is 0 Å². The lowest BCUT2D eigenvalue weighted by Gasteiger charge is -2.15. The number of benzene rings is 1. The number of primary amides is 1. The number of hydrogen-bond donors (Lipinski definition) is 3. The molecule has 0 atom stereocenters. The summed E-state index contributed by atoms with van der Waals surface area (Å²) in [6.07, 6.45) is 2.77. The maximum absolute atomic E-state index is 11.9. The Bertz CT molecular complexity index is 830. The summed E-state index contributed by atoms with van der Waals surface area (Å²) in [5.74, 6) is -1.24. The van der Waals surface area contributed by atoms with Crippen molar-refractivity contribution in [2.45, 2.75) is 39.7 Å². The number of rotatable bonds is 9. The van der Waals surface area contributed by atoms with Crippen molar-refractivity contribution in [3.05, 3.63) is 33.9 Å². The normalized spacial score (nSPS) is 13.1. The van der Waals surface area contributed by atoms with E-state index in [-0.39, 0.29) is 36.9 Å². The Morgan fingerprint density at radius 3 is 2.71 bits per heavy atom. The van der Waals surface area contributed by atoms with Crippen LogP contribution >= 0.6 is 0 Å². The molecule has 1 heterocycles. The molecule has 0 fully saturated rings. The predicted molar refractivity (Wildman–Crippen MR) is 98.5 cm³/mol. The summed E-state index contributed by atoms with van der Waals surface area (Å²) in [6.45, 7) is 3.39. The number of nitrogens with two attached hydrogens (primary N) is 1. The van der Waals surface area contributed by atoms with Crippen molar-refractivity contribution in [1.82, 2.24) is 5.48 Å². The van der Waals surface area contributed by atoms with Gasteiger partial charge in [0.25, 0.3) is 0 Å². The van der Waals surface area contributed by atoms with Gasteiger partial charge in [0.15, 0.2) is 6.61 Å². The van der Waals surface area contributed by atoms with Crippen LogP contribution < -0.4 is 16.0 Å². The van der Waals surface area contributed by atoms with E-state index in [9.17, 15) is 19.5 Å². The molecule has 0 spiro atoms. The van der Waals surface area contributed by atoms with Gasteiger partial charge in [0.2, 0.25) is 11.8 Å². The van der Waals surface area contributed by atoms with E-state index in [1.165, 1.54) is 7.11 Å². The van der Waals surface area contributed by atoms with E-state index in [2.05, 4.69) is 10.3 Å². The van der Waals surface area contributed by atoms with E-state index in [0.717, 1.165) is 11.1 Å². The third-order valence-corrected chi connectivity index (χ3v) is 4.45. The molecule has 152 valence electrons. The molecule has 0 unspecified atom stereocenters. The van der Waals surface area contributed by atoms with E-state index in [1.54, 1.807) is 0 Å². The number of esters is 1. The molecule has 2 amide bonds. The molecule has 0 aliphatic carbocycles. The molecule has 1 aliphatic rings. The fourth-order valence-electron chi connectivity index (χ4n) is 2.96. The molecule has 1 aromatic rings. The monoisotopic (exact) mass is 392 g/mol. The Balaban J connectivity index is 2.06. The largest absolute Gasteiger partial charge is 0.507 e. The minimum atomic E-state index is -0.682. The molecule has 1 aromatic carbocycles. The van der Waals surface area contributed by atoms with Crippen LogP contribution in [0.5, 0.6) is 11.5 Å². The number of amides is 2. The molecule has 0 saturated heterocycles. The summed E-state index contributed by atoms with van der Waals surface area (Å²) in [7, 11) is 1.50. The number of phenolic OH excluding ortho intramolecular Hbond substituents is 1. The second kappa shape index (κ2) is 9.23. The molecular weight excluding hydrogens is 368 g/mol. The van der Waals surface area contributed by atoms with Crippen LogP contribution in [0.25, 0.3) is 0 Å². The highest BCUT2D eigenvalue weighted by Crippen LogP contribution is 2.42. The number of carbonyl (C=O) groups excluding carboxylic acids is 3. The van der Waals surface area contributed by atoms with Gasteiger partial charge in [0.05, 0.1) is 7.11 Å². The third-order valence-electron chi connectivity index (χ3n) is 4.45. The van der Waals surface area contributed by atoms with Gasteiger partial charge in [0, 0.05) is 17.5 Å². The lowest BCUT2D eigenvalue weighted by Crippen LogP contribution is -2.29. The summed E-state index contributed by atoms with van der Waals surface area (Å²) in [5, 5.41) is 10.6. The first kappa shape index (κ1) is 21.2. The number of allylic oxidation sites excluding steroid dienone is 2. The molecule has 4 N–H and O–H groups in total. The minimum Gasteiger partial charge on any atom is -0.507 e. The molecule has 0 aromatic heterocycles. The number of hydrogen-bond acceptors (Lipinski definition) is 7. The first-order valence-electron chi connectivity index (χ1n) is 8.69. The standard InChI is InChI=1S/C19H24N2O7/c1-10(5-7-15(23)21-28-9-14(20)22)4-6-12-17(24)16-13(8-27-19(16)25)11(2)18(12)26-3/h4,24H,5-9H2,1-3H3,(H2,20,22)(H,21,23)/b10-4+. The number of carbonyl (C=O) groups is 3. The summed E-state index contributed by atoms with van der Waals surface area (Å²) in [4.78, 5) is 38.7. The van der Waals surface area contributed by atoms with Gasteiger partial charge >= 0.3 is 5.97 Å². The average Bonchev–Trinajstić information content (AvgIpc) is 3.03. The molecule has 0 radical (unpaired) electrons. The summed E-state index contributed by atoms with van der Waals surface area (Å²) in [6, 6.07) is 0. The van der Waals surface area contributed by atoms with Crippen LogP contribution in [-0.4, -0.2) is 36.6 Å². The smallest absolute Gasteiger partial charge is 0.342 e. The van der Waals surface area contributed by atoms with Crippen molar-refractivity contribution >= 4 is 17.8 Å². The van der Waals surface area contributed by atoms with E-state index in [0.29, 0.717) is 29.7 Å². The van der Waals surface area contributed by atoms with Crippen LogP contribution in [0.1, 0.15) is 46.8 Å². The SMILES string of the molecule is COc1c(C)c2c(c(O)c1C/C=C(\C)CCC(=O)NOCC(N)=O)C(=O)OC2. The Labute approximate surface area is 162 Å². The summed E-state index contributed by atoms with van der Waals surface area (Å²) < 4.78 is 10.5. The number of aromatic hydroxyl groups is 1. The van der Waals surface area contributed by atoms with Crippen LogP contribution in [0.15, 0.2) is 11.6 Å². The third kappa shape index (κ3) is 4.80. The van der Waals surface area contributed by atoms with Gasteiger partial charge < -0.3 is 20.3 Å². The van der Waals surface area contributed by atoms with Crippen LogP contribution in [0, 0.1) is 6.92 Å². The molecule has 2 rings (SSSR count). The fourth-order valence-corrected chi connectivity index (χ4v) is 2.96. The number of phenols is 1. The molecule has 9 heteroatoms. The highest BCUT2D eigenvalue weighted by molar-refractivity contribution is 5.98. The maximum atomic E-state index is 11.9. The Kier molecular flexibility index (Phi) is 7.00. The molecule has 0 bridgehead atoms. The number of fused-ring (bicyclic) bond motifs is 1. The summed E-state index contributed by atoms with van der Waals surface area (Å²) in [5.41, 5.74) is 10.00. The van der Waals surface area contributed by atoms with Crippen LogP contribution in [0.2, 0.25) is 0 Å². The molecular formula is C19H24N2O7. The van der Waals surface area contributed by atoms with Gasteiger partial charge in [-0.3, -0.25) is 14.4 Å². The van der Waals surface area contributed by atoms with Gasteiger partial charge in [0.1, 0.15) is 23.7 Å². The zero-order valence-corrected chi connectivity index (χ0v) is 16.1. The van der Waals surface area contributed by atoms with Crippen molar-refractivity contribution in [3.8, 4) is 11.5 Å². The highest BCUT2D eigenvalue weighted by Gasteiger charge is 2.31. The van der Waals surface area contributed by atoms with Crippen LogP contribution in [0.4, 0.5) is 0 Å². The van der Waals surface area contributed by atoms with Crippen LogP contribution in [-0.2, 0) is 32.2 Å². The topological polar surface area (TPSA) is 137 Å². The average molecular weight is 392 g/mol. The van der Waals surface area contributed by atoms with Crippen molar-refractivity contribution in [2.75, 3.05) is 13.7 Å². The van der Waals surface area contributed by atoms with Crippen molar-refractivity contribution < 1.29 is 33.8 Å².